The average Bonchev–Trinajstić information content (AvgIpc) is 2.99. The van der Waals surface area contributed by atoms with Crippen LogP contribution in [0.1, 0.15) is 25.2 Å². The summed E-state index contributed by atoms with van der Waals surface area (Å²) in [4.78, 5) is 13.9. The minimum absolute atomic E-state index is 0.0389. The smallest absolute Gasteiger partial charge is 0.233 e. The van der Waals surface area contributed by atoms with Crippen LogP contribution in [-0.4, -0.2) is 59.1 Å². The molecule has 1 heterocycles. The maximum absolute atomic E-state index is 12.3. The maximum atomic E-state index is 12.3. The molecular weight excluding hydrogens is 398 g/mol. The fourth-order valence-corrected chi connectivity index (χ4v) is 4.33. The molecule has 0 saturated heterocycles. The second-order valence-corrected chi connectivity index (χ2v) is 9.27. The third-order valence-electron chi connectivity index (χ3n) is 4.37. The van der Waals surface area contributed by atoms with E-state index in [0.29, 0.717) is 29.8 Å². The molecular formula is C18H27N5O3S2. The van der Waals surface area contributed by atoms with Gasteiger partial charge in [-0.15, -0.1) is 10.2 Å². The van der Waals surface area contributed by atoms with Crippen LogP contribution in [0, 0.1) is 6.92 Å². The number of aromatic nitrogens is 3. The maximum Gasteiger partial charge on any atom is 0.233 e. The average molecular weight is 426 g/mol. The highest BCUT2D eigenvalue weighted by Crippen LogP contribution is 2.22. The van der Waals surface area contributed by atoms with Crippen molar-refractivity contribution < 1.29 is 13.2 Å². The Kier molecular flexibility index (Phi) is 7.48. The first kappa shape index (κ1) is 22.2. The number of aryl methyl sites for hydroxylation is 1. The highest BCUT2D eigenvalue weighted by molar-refractivity contribution is 7.99. The summed E-state index contributed by atoms with van der Waals surface area (Å²) in [6, 6.07) is 7.27. The Morgan fingerprint density at radius 2 is 1.75 bits per heavy atom. The van der Waals surface area contributed by atoms with Gasteiger partial charge in [-0.1, -0.05) is 29.5 Å². The van der Waals surface area contributed by atoms with Crippen LogP contribution in [0.5, 0.6) is 0 Å². The van der Waals surface area contributed by atoms with Crippen molar-refractivity contribution >= 4 is 33.4 Å². The lowest BCUT2D eigenvalue weighted by molar-refractivity contribution is -0.127. The van der Waals surface area contributed by atoms with Gasteiger partial charge in [-0.3, -0.25) is 9.10 Å². The number of carbonyl (C=O) groups excluding carboxylic acids is 1. The van der Waals surface area contributed by atoms with Crippen LogP contribution in [0.4, 0.5) is 5.69 Å². The van der Waals surface area contributed by atoms with E-state index < -0.39 is 10.0 Å². The zero-order valence-electron chi connectivity index (χ0n) is 16.9. The second-order valence-electron chi connectivity index (χ2n) is 6.42. The lowest BCUT2D eigenvalue weighted by Gasteiger charge is -2.22. The summed E-state index contributed by atoms with van der Waals surface area (Å²) in [7, 11) is -1.72. The van der Waals surface area contributed by atoms with E-state index in [1.54, 1.807) is 28.6 Å². The van der Waals surface area contributed by atoms with Crippen LogP contribution < -0.4 is 4.31 Å². The molecule has 2 rings (SSSR count). The number of nitrogens with zero attached hydrogens (tertiary/aromatic N) is 5. The van der Waals surface area contributed by atoms with E-state index in [0.717, 1.165) is 5.56 Å². The number of hydrogen-bond acceptors (Lipinski definition) is 6. The molecule has 154 valence electrons. The number of anilines is 1. The first-order valence-corrected chi connectivity index (χ1v) is 11.8. The Morgan fingerprint density at radius 3 is 2.29 bits per heavy atom. The molecule has 0 fully saturated rings. The molecule has 0 unspecified atom stereocenters. The standard InChI is InChI=1S/C18H27N5O3S2/c1-6-22(7-2)17(24)13-27-18-20-19-16(21(18)4)12-23(28(5,25)26)15-10-8-14(3)9-11-15/h8-11H,6-7,12-13H2,1-5H3. The van der Waals surface area contributed by atoms with Crippen LogP contribution >= 0.6 is 11.8 Å². The molecule has 0 saturated carbocycles. The molecule has 10 heteroatoms. The van der Waals surface area contributed by atoms with Crippen molar-refractivity contribution in [1.82, 2.24) is 19.7 Å². The van der Waals surface area contributed by atoms with Gasteiger partial charge in [0.05, 0.1) is 24.2 Å². The minimum Gasteiger partial charge on any atom is -0.343 e. The zero-order valence-corrected chi connectivity index (χ0v) is 18.5. The fourth-order valence-electron chi connectivity index (χ4n) is 2.64. The summed E-state index contributed by atoms with van der Waals surface area (Å²) in [6.45, 7) is 7.23. The fraction of sp³-hybridized carbons (Fsp3) is 0.500. The van der Waals surface area contributed by atoms with E-state index in [1.165, 1.54) is 22.3 Å². The minimum atomic E-state index is -3.50. The van der Waals surface area contributed by atoms with Crippen molar-refractivity contribution in [2.45, 2.75) is 32.5 Å². The van der Waals surface area contributed by atoms with Gasteiger partial charge in [-0.2, -0.15) is 0 Å². The number of carbonyl (C=O) groups is 1. The van der Waals surface area contributed by atoms with Crippen molar-refractivity contribution in [2.24, 2.45) is 7.05 Å². The van der Waals surface area contributed by atoms with Crippen molar-refractivity contribution in [3.8, 4) is 0 Å². The molecule has 1 aromatic carbocycles. The molecule has 2 aromatic rings. The molecule has 28 heavy (non-hydrogen) atoms. The van der Waals surface area contributed by atoms with Crippen LogP contribution in [-0.2, 0) is 28.4 Å². The summed E-state index contributed by atoms with van der Waals surface area (Å²) in [5, 5.41) is 8.84. The predicted octanol–water partition coefficient (Wildman–Crippen LogP) is 2.05. The molecule has 0 spiro atoms. The van der Waals surface area contributed by atoms with Gasteiger partial charge in [0.1, 0.15) is 0 Å². The van der Waals surface area contributed by atoms with Gasteiger partial charge in [-0.05, 0) is 32.9 Å². The molecule has 0 aliphatic rings. The van der Waals surface area contributed by atoms with Gasteiger partial charge in [0, 0.05) is 20.1 Å². The van der Waals surface area contributed by atoms with E-state index in [1.807, 2.05) is 32.9 Å². The van der Waals surface area contributed by atoms with Crippen LogP contribution in [0.2, 0.25) is 0 Å². The summed E-state index contributed by atoms with van der Waals surface area (Å²) < 4.78 is 27.6. The van der Waals surface area contributed by atoms with Crippen molar-refractivity contribution in [3.05, 3.63) is 35.7 Å². The van der Waals surface area contributed by atoms with E-state index in [4.69, 9.17) is 0 Å². The third kappa shape index (κ3) is 5.48. The van der Waals surface area contributed by atoms with Crippen molar-refractivity contribution in [1.29, 1.82) is 0 Å². The molecule has 0 N–H and O–H groups in total. The molecule has 0 aliphatic heterocycles. The normalized spacial score (nSPS) is 11.5. The number of hydrogen-bond donors (Lipinski definition) is 0. The Bertz CT molecular complexity index is 906. The summed E-state index contributed by atoms with van der Waals surface area (Å²) in [5.41, 5.74) is 1.62. The quantitative estimate of drug-likeness (QED) is 0.572. The van der Waals surface area contributed by atoms with Gasteiger partial charge in [0.15, 0.2) is 11.0 Å². The molecule has 0 bridgehead atoms. The first-order chi connectivity index (χ1) is 13.2. The lowest BCUT2D eigenvalue weighted by Crippen LogP contribution is -2.32. The summed E-state index contributed by atoms with van der Waals surface area (Å²) in [6.07, 6.45) is 1.17. The van der Waals surface area contributed by atoms with Crippen LogP contribution in [0.3, 0.4) is 0 Å². The topological polar surface area (TPSA) is 88.4 Å². The number of benzene rings is 1. The van der Waals surface area contributed by atoms with Gasteiger partial charge in [0.25, 0.3) is 0 Å². The molecule has 0 aliphatic carbocycles. The van der Waals surface area contributed by atoms with E-state index in [-0.39, 0.29) is 18.2 Å². The Hall–Kier alpha value is -2.07. The van der Waals surface area contributed by atoms with E-state index in [2.05, 4.69) is 10.2 Å². The highest BCUT2D eigenvalue weighted by Gasteiger charge is 2.22. The summed E-state index contributed by atoms with van der Waals surface area (Å²) in [5.74, 6) is 0.808. The monoisotopic (exact) mass is 425 g/mol. The van der Waals surface area contributed by atoms with Crippen molar-refractivity contribution in [2.75, 3.05) is 29.4 Å². The Balaban J connectivity index is 2.17. The molecule has 0 radical (unpaired) electrons. The third-order valence-corrected chi connectivity index (χ3v) is 6.52. The first-order valence-electron chi connectivity index (χ1n) is 9.00. The van der Waals surface area contributed by atoms with Gasteiger partial charge >= 0.3 is 0 Å². The predicted molar refractivity (Wildman–Crippen MR) is 112 cm³/mol. The Morgan fingerprint density at radius 1 is 1.14 bits per heavy atom. The number of amides is 1. The summed E-state index contributed by atoms with van der Waals surface area (Å²) >= 11 is 1.30. The number of sulfonamides is 1. The highest BCUT2D eigenvalue weighted by atomic mass is 32.2. The zero-order chi connectivity index (χ0) is 20.9. The van der Waals surface area contributed by atoms with Crippen LogP contribution in [0.15, 0.2) is 29.4 Å². The van der Waals surface area contributed by atoms with Gasteiger partial charge < -0.3 is 9.47 Å². The molecule has 8 nitrogen and oxygen atoms in total. The van der Waals surface area contributed by atoms with E-state index >= 15 is 0 Å². The number of thioether (sulfide) groups is 1. The molecule has 0 atom stereocenters. The van der Waals surface area contributed by atoms with Crippen LogP contribution in [0.25, 0.3) is 0 Å². The molecule has 1 amide bonds. The van der Waals surface area contributed by atoms with Crippen molar-refractivity contribution in [3.63, 3.8) is 0 Å². The SMILES string of the molecule is CCN(CC)C(=O)CSc1nnc(CN(c2ccc(C)cc2)S(C)(=O)=O)n1C. The molecule has 1 aromatic heterocycles. The lowest BCUT2D eigenvalue weighted by atomic mass is 10.2. The van der Waals surface area contributed by atoms with E-state index in [9.17, 15) is 13.2 Å². The largest absolute Gasteiger partial charge is 0.343 e. The van der Waals surface area contributed by atoms with Gasteiger partial charge in [0.2, 0.25) is 15.9 Å². The van der Waals surface area contributed by atoms with Gasteiger partial charge in [-0.25, -0.2) is 8.42 Å². The Labute approximate surface area is 171 Å². The number of rotatable bonds is 9. The second kappa shape index (κ2) is 9.42.